The standard InChI is InChI=1S/C23H24N6/c24-21-20-18-11-12-29(14-17-9-5-2-6-10-17)15-19(18)22(26-23(20)28-27-21)25-13-16-7-3-1-4-8-16/h1-10H,11-15H2,(H4,24,25,26,27,28)/p+2. The molecule has 4 aromatic rings. The minimum Gasteiger partial charge on any atom is -0.382 e. The highest BCUT2D eigenvalue weighted by molar-refractivity contribution is 5.89. The van der Waals surface area contributed by atoms with E-state index in [1.165, 1.54) is 22.3 Å². The van der Waals surface area contributed by atoms with E-state index in [1.54, 1.807) is 4.90 Å². The average Bonchev–Trinajstić information content (AvgIpc) is 3.14. The maximum Gasteiger partial charge on any atom is 0.295 e. The second-order valence-electron chi connectivity index (χ2n) is 7.75. The first kappa shape index (κ1) is 17.7. The van der Waals surface area contributed by atoms with Crippen LogP contribution in [-0.4, -0.2) is 16.7 Å². The highest BCUT2D eigenvalue weighted by Crippen LogP contribution is 2.28. The molecule has 0 saturated carbocycles. The van der Waals surface area contributed by atoms with Crippen LogP contribution in [0.3, 0.4) is 0 Å². The number of quaternary nitrogens is 1. The second-order valence-corrected chi connectivity index (χ2v) is 7.75. The molecule has 0 fully saturated rings. The smallest absolute Gasteiger partial charge is 0.295 e. The van der Waals surface area contributed by atoms with Crippen molar-refractivity contribution in [1.29, 1.82) is 0 Å². The normalized spacial score (nSPS) is 15.9. The van der Waals surface area contributed by atoms with Gasteiger partial charge in [-0.1, -0.05) is 60.7 Å². The highest BCUT2D eigenvalue weighted by Gasteiger charge is 2.30. The van der Waals surface area contributed by atoms with Gasteiger partial charge in [0.15, 0.2) is 0 Å². The summed E-state index contributed by atoms with van der Waals surface area (Å²) in [7, 11) is 0. The summed E-state index contributed by atoms with van der Waals surface area (Å²) in [5, 5.41) is 12.0. The van der Waals surface area contributed by atoms with Crippen molar-refractivity contribution in [2.24, 2.45) is 0 Å². The van der Waals surface area contributed by atoms with E-state index in [0.29, 0.717) is 5.82 Å². The molecule has 1 unspecified atom stereocenters. The molecular weight excluding hydrogens is 360 g/mol. The molecule has 2 aromatic carbocycles. The van der Waals surface area contributed by atoms with Gasteiger partial charge in [-0.3, -0.25) is 0 Å². The summed E-state index contributed by atoms with van der Waals surface area (Å²) >= 11 is 0. The van der Waals surface area contributed by atoms with Gasteiger partial charge in [0, 0.05) is 12.0 Å². The van der Waals surface area contributed by atoms with Crippen LogP contribution in [0, 0.1) is 0 Å². The Morgan fingerprint density at radius 3 is 2.48 bits per heavy atom. The zero-order chi connectivity index (χ0) is 19.6. The maximum absolute atomic E-state index is 6.21. The van der Waals surface area contributed by atoms with E-state index in [4.69, 9.17) is 5.73 Å². The van der Waals surface area contributed by atoms with E-state index in [-0.39, 0.29) is 0 Å². The fourth-order valence-electron chi connectivity index (χ4n) is 4.33. The number of benzene rings is 2. The van der Waals surface area contributed by atoms with Crippen LogP contribution < -0.4 is 20.9 Å². The summed E-state index contributed by atoms with van der Waals surface area (Å²) in [6.45, 7) is 3.84. The number of fused-ring (bicyclic) bond motifs is 3. The van der Waals surface area contributed by atoms with E-state index in [9.17, 15) is 0 Å². The van der Waals surface area contributed by atoms with E-state index >= 15 is 0 Å². The molecule has 0 amide bonds. The van der Waals surface area contributed by atoms with Crippen LogP contribution >= 0.6 is 0 Å². The monoisotopic (exact) mass is 386 g/mol. The third-order valence-corrected chi connectivity index (χ3v) is 5.77. The molecule has 29 heavy (non-hydrogen) atoms. The maximum atomic E-state index is 6.21. The van der Waals surface area contributed by atoms with Gasteiger partial charge in [-0.25, -0.2) is 4.98 Å². The number of H-pyrrole nitrogens is 2. The Labute approximate surface area is 169 Å². The molecule has 146 valence electrons. The predicted octanol–water partition coefficient (Wildman–Crippen LogP) is 1.71. The first-order chi connectivity index (χ1) is 14.3. The molecule has 1 aliphatic rings. The van der Waals surface area contributed by atoms with E-state index < -0.39 is 0 Å². The molecule has 0 spiro atoms. The molecule has 6 nitrogen and oxygen atoms in total. The summed E-state index contributed by atoms with van der Waals surface area (Å²) in [6, 6.07) is 21.2. The van der Waals surface area contributed by atoms with Gasteiger partial charge in [0.25, 0.3) is 5.65 Å². The number of anilines is 2. The Hall–Kier alpha value is -3.38. The third kappa shape index (κ3) is 3.54. The van der Waals surface area contributed by atoms with Crippen LogP contribution in [0.2, 0.25) is 0 Å². The quantitative estimate of drug-likeness (QED) is 0.421. The highest BCUT2D eigenvalue weighted by atomic mass is 15.2. The predicted molar refractivity (Wildman–Crippen MR) is 114 cm³/mol. The van der Waals surface area contributed by atoms with Crippen molar-refractivity contribution in [2.75, 3.05) is 17.6 Å². The molecule has 0 aliphatic carbocycles. The Morgan fingerprint density at radius 1 is 1.00 bits per heavy atom. The average molecular weight is 387 g/mol. The summed E-state index contributed by atoms with van der Waals surface area (Å²) in [5.74, 6) is 1.70. The molecule has 1 aliphatic heterocycles. The lowest BCUT2D eigenvalue weighted by atomic mass is 9.97. The number of pyridine rings is 1. The van der Waals surface area contributed by atoms with Gasteiger partial charge >= 0.3 is 0 Å². The van der Waals surface area contributed by atoms with E-state index in [1.807, 2.05) is 6.07 Å². The van der Waals surface area contributed by atoms with Crippen LogP contribution in [0.25, 0.3) is 11.0 Å². The van der Waals surface area contributed by atoms with E-state index in [2.05, 4.69) is 75.1 Å². The van der Waals surface area contributed by atoms with Crippen LogP contribution in [0.15, 0.2) is 60.7 Å². The number of nitrogen functional groups attached to an aromatic ring is 1. The van der Waals surface area contributed by atoms with Crippen molar-refractivity contribution in [3.63, 3.8) is 0 Å². The lowest BCUT2D eigenvalue weighted by Gasteiger charge is -2.26. The van der Waals surface area contributed by atoms with E-state index in [0.717, 1.165) is 49.5 Å². The number of aromatic nitrogens is 3. The second kappa shape index (κ2) is 7.56. The zero-order valence-corrected chi connectivity index (χ0v) is 16.3. The number of hydrogen-bond donors (Lipinski definition) is 4. The van der Waals surface area contributed by atoms with Crippen LogP contribution in [-0.2, 0) is 26.1 Å². The lowest BCUT2D eigenvalue weighted by Crippen LogP contribution is -3.10. The van der Waals surface area contributed by atoms with Gasteiger partial charge in [0.1, 0.15) is 18.9 Å². The molecule has 0 bridgehead atoms. The minimum atomic E-state index is 0.647. The van der Waals surface area contributed by atoms with Gasteiger partial charge in [-0.05, 0) is 16.2 Å². The molecule has 5 rings (SSSR count). The Kier molecular flexibility index (Phi) is 4.62. The van der Waals surface area contributed by atoms with Crippen molar-refractivity contribution < 1.29 is 9.88 Å². The van der Waals surface area contributed by atoms with Gasteiger partial charge in [-0.15, -0.1) is 0 Å². The zero-order valence-electron chi connectivity index (χ0n) is 16.3. The van der Waals surface area contributed by atoms with Crippen molar-refractivity contribution in [3.8, 4) is 0 Å². The Morgan fingerprint density at radius 2 is 1.72 bits per heavy atom. The summed E-state index contributed by atoms with van der Waals surface area (Å²) in [4.78, 5) is 5.04. The van der Waals surface area contributed by atoms with Crippen LogP contribution in [0.4, 0.5) is 11.6 Å². The first-order valence-electron chi connectivity index (χ1n) is 10.1. The number of nitrogens with two attached hydrogens (primary N) is 1. The number of nitrogens with zero attached hydrogens (tertiary/aromatic N) is 1. The number of aromatic amines is 2. The third-order valence-electron chi connectivity index (χ3n) is 5.77. The number of nitrogens with one attached hydrogen (secondary N) is 4. The van der Waals surface area contributed by atoms with Crippen LogP contribution in [0.1, 0.15) is 22.3 Å². The van der Waals surface area contributed by atoms with Gasteiger partial charge in [0.05, 0.1) is 24.0 Å². The molecule has 6 N–H and O–H groups in total. The summed E-state index contributed by atoms with van der Waals surface area (Å²) in [6.07, 6.45) is 0.992. The van der Waals surface area contributed by atoms with Crippen LogP contribution in [0.5, 0.6) is 0 Å². The van der Waals surface area contributed by atoms with Gasteiger partial charge in [-0.2, -0.15) is 5.10 Å². The molecular formula is C23H26N6+2. The number of rotatable bonds is 5. The largest absolute Gasteiger partial charge is 0.382 e. The molecule has 0 radical (unpaired) electrons. The SMILES string of the molecule is Nc1[nH]nc2[nH+]c(NCc3ccccc3)c3c(c12)CC[NH+](Cc1ccccc1)C3. The fraction of sp³-hybridized carbons (Fsp3) is 0.217. The number of hydrogen-bond acceptors (Lipinski definition) is 3. The van der Waals surface area contributed by atoms with Gasteiger partial charge < -0.3 is 16.0 Å². The summed E-state index contributed by atoms with van der Waals surface area (Å²) < 4.78 is 0. The topological polar surface area (TPSA) is 85.3 Å². The Balaban J connectivity index is 1.47. The van der Waals surface area contributed by atoms with Gasteiger partial charge in [0.2, 0.25) is 5.82 Å². The molecule has 2 aromatic heterocycles. The molecule has 3 heterocycles. The Bertz CT molecular complexity index is 1120. The van der Waals surface area contributed by atoms with Crippen molar-refractivity contribution in [2.45, 2.75) is 26.1 Å². The van der Waals surface area contributed by atoms with Crippen molar-refractivity contribution >= 4 is 22.7 Å². The summed E-state index contributed by atoms with van der Waals surface area (Å²) in [5.41, 5.74) is 12.3. The molecule has 1 atom stereocenters. The lowest BCUT2D eigenvalue weighted by molar-refractivity contribution is -0.929. The molecule has 0 saturated heterocycles. The minimum absolute atomic E-state index is 0.647. The first-order valence-corrected chi connectivity index (χ1v) is 10.1. The van der Waals surface area contributed by atoms with Crippen molar-refractivity contribution in [3.05, 3.63) is 82.9 Å². The fourth-order valence-corrected chi connectivity index (χ4v) is 4.33. The van der Waals surface area contributed by atoms with Crippen molar-refractivity contribution in [1.82, 2.24) is 10.2 Å². The molecule has 6 heteroatoms.